The second-order valence-corrected chi connectivity index (χ2v) is 9.30. The normalized spacial score (nSPS) is 11.9. The molecule has 0 saturated heterocycles. The Morgan fingerprint density at radius 1 is 1.03 bits per heavy atom. The highest BCUT2D eigenvalue weighted by Crippen LogP contribution is 2.18. The summed E-state index contributed by atoms with van der Waals surface area (Å²) in [5.74, 6) is 1.47. The van der Waals surface area contributed by atoms with Crippen LogP contribution in [0.15, 0.2) is 59.1 Å². The van der Waals surface area contributed by atoms with Crippen LogP contribution in [-0.2, 0) is 21.9 Å². The molecule has 0 bridgehead atoms. The number of carbonyl (C=O) groups is 2. The van der Waals surface area contributed by atoms with Gasteiger partial charge in [0, 0.05) is 35.0 Å². The predicted molar refractivity (Wildman–Crippen MR) is 125 cm³/mol. The van der Waals surface area contributed by atoms with Gasteiger partial charge in [0.25, 0.3) is 0 Å². The van der Waals surface area contributed by atoms with E-state index < -0.39 is 6.04 Å². The SMILES string of the molecule is CC(C)NC(=O)[C@H](C)N(Cc1cccc(Br)c1)C(=O)CCSCc1ccccc1. The number of hydrogen-bond acceptors (Lipinski definition) is 3. The van der Waals surface area contributed by atoms with Gasteiger partial charge in [-0.2, -0.15) is 11.8 Å². The molecule has 0 aliphatic rings. The van der Waals surface area contributed by atoms with E-state index in [1.165, 1.54) is 5.56 Å². The van der Waals surface area contributed by atoms with Crippen LogP contribution in [0, 0.1) is 0 Å². The van der Waals surface area contributed by atoms with Gasteiger partial charge < -0.3 is 10.2 Å². The first-order valence-electron chi connectivity index (χ1n) is 9.82. The van der Waals surface area contributed by atoms with Crippen LogP contribution < -0.4 is 5.32 Å². The minimum atomic E-state index is -0.525. The lowest BCUT2D eigenvalue weighted by Gasteiger charge is -2.29. The van der Waals surface area contributed by atoms with E-state index in [1.807, 2.05) is 56.3 Å². The molecular formula is C23H29BrN2O2S. The monoisotopic (exact) mass is 476 g/mol. The van der Waals surface area contributed by atoms with E-state index in [-0.39, 0.29) is 17.9 Å². The summed E-state index contributed by atoms with van der Waals surface area (Å²) >= 11 is 5.21. The topological polar surface area (TPSA) is 49.4 Å². The third-order valence-corrected chi connectivity index (χ3v) is 5.94. The molecule has 0 aromatic heterocycles. The van der Waals surface area contributed by atoms with E-state index in [2.05, 4.69) is 33.4 Å². The molecule has 4 nitrogen and oxygen atoms in total. The maximum Gasteiger partial charge on any atom is 0.242 e. The fourth-order valence-corrected chi connectivity index (χ4v) is 4.23. The van der Waals surface area contributed by atoms with E-state index in [1.54, 1.807) is 23.6 Å². The number of nitrogens with one attached hydrogen (secondary N) is 1. The van der Waals surface area contributed by atoms with Gasteiger partial charge in [0.1, 0.15) is 6.04 Å². The van der Waals surface area contributed by atoms with Crippen LogP contribution in [0.1, 0.15) is 38.3 Å². The van der Waals surface area contributed by atoms with Gasteiger partial charge in [-0.05, 0) is 44.0 Å². The van der Waals surface area contributed by atoms with Crippen LogP contribution in [0.4, 0.5) is 0 Å². The molecule has 6 heteroatoms. The zero-order chi connectivity index (χ0) is 21.2. The Balaban J connectivity index is 2.00. The van der Waals surface area contributed by atoms with Crippen molar-refractivity contribution >= 4 is 39.5 Å². The second-order valence-electron chi connectivity index (χ2n) is 7.28. The van der Waals surface area contributed by atoms with Crippen LogP contribution in [0.5, 0.6) is 0 Å². The van der Waals surface area contributed by atoms with Gasteiger partial charge in [0.05, 0.1) is 0 Å². The summed E-state index contributed by atoms with van der Waals surface area (Å²) < 4.78 is 0.958. The van der Waals surface area contributed by atoms with Crippen LogP contribution in [0.25, 0.3) is 0 Å². The van der Waals surface area contributed by atoms with Crippen molar-refractivity contribution in [3.05, 3.63) is 70.2 Å². The van der Waals surface area contributed by atoms with Crippen molar-refractivity contribution in [1.29, 1.82) is 0 Å². The number of thioether (sulfide) groups is 1. The molecule has 0 heterocycles. The molecule has 0 aliphatic heterocycles. The Morgan fingerprint density at radius 3 is 2.38 bits per heavy atom. The van der Waals surface area contributed by atoms with E-state index in [0.717, 1.165) is 21.5 Å². The highest BCUT2D eigenvalue weighted by atomic mass is 79.9. The number of carbonyl (C=O) groups excluding carboxylic acids is 2. The third-order valence-electron chi connectivity index (χ3n) is 4.41. The second kappa shape index (κ2) is 12.0. The summed E-state index contributed by atoms with van der Waals surface area (Å²) in [7, 11) is 0. The quantitative estimate of drug-likeness (QED) is 0.490. The molecule has 1 N–H and O–H groups in total. The highest BCUT2D eigenvalue weighted by molar-refractivity contribution is 9.10. The molecule has 29 heavy (non-hydrogen) atoms. The van der Waals surface area contributed by atoms with Crippen LogP contribution in [-0.4, -0.2) is 34.6 Å². The molecule has 0 saturated carbocycles. The Labute approximate surface area is 186 Å². The summed E-state index contributed by atoms with van der Waals surface area (Å²) in [6.07, 6.45) is 0.408. The Hall–Kier alpha value is -1.79. The molecular weight excluding hydrogens is 448 g/mol. The Kier molecular flexibility index (Phi) is 9.74. The summed E-state index contributed by atoms with van der Waals surface area (Å²) in [5, 5.41) is 2.92. The zero-order valence-corrected chi connectivity index (χ0v) is 19.6. The number of benzene rings is 2. The average molecular weight is 477 g/mol. The summed E-state index contributed by atoms with van der Waals surface area (Å²) in [4.78, 5) is 27.2. The molecule has 2 aromatic rings. The lowest BCUT2D eigenvalue weighted by molar-refractivity contribution is -0.140. The van der Waals surface area contributed by atoms with E-state index >= 15 is 0 Å². The van der Waals surface area contributed by atoms with Crippen LogP contribution in [0.2, 0.25) is 0 Å². The van der Waals surface area contributed by atoms with Crippen molar-refractivity contribution in [2.24, 2.45) is 0 Å². The number of hydrogen-bond donors (Lipinski definition) is 1. The van der Waals surface area contributed by atoms with Crippen molar-refractivity contribution in [2.75, 3.05) is 5.75 Å². The van der Waals surface area contributed by atoms with E-state index in [0.29, 0.717) is 13.0 Å². The number of halogens is 1. The van der Waals surface area contributed by atoms with E-state index in [9.17, 15) is 9.59 Å². The molecule has 0 fully saturated rings. The maximum absolute atomic E-state index is 13.0. The minimum absolute atomic E-state index is 0.00283. The van der Waals surface area contributed by atoms with Gasteiger partial charge in [-0.25, -0.2) is 0 Å². The molecule has 2 aromatic carbocycles. The first kappa shape index (κ1) is 23.5. The van der Waals surface area contributed by atoms with Gasteiger partial charge in [0.15, 0.2) is 0 Å². The van der Waals surface area contributed by atoms with Crippen molar-refractivity contribution in [1.82, 2.24) is 10.2 Å². The van der Waals surface area contributed by atoms with E-state index in [4.69, 9.17) is 0 Å². The molecule has 0 unspecified atom stereocenters. The number of amides is 2. The van der Waals surface area contributed by atoms with Gasteiger partial charge in [-0.1, -0.05) is 58.4 Å². The lowest BCUT2D eigenvalue weighted by atomic mass is 10.1. The van der Waals surface area contributed by atoms with Gasteiger partial charge in [0.2, 0.25) is 11.8 Å². The van der Waals surface area contributed by atoms with Crippen molar-refractivity contribution < 1.29 is 9.59 Å². The largest absolute Gasteiger partial charge is 0.352 e. The Morgan fingerprint density at radius 2 is 1.72 bits per heavy atom. The minimum Gasteiger partial charge on any atom is -0.352 e. The molecule has 2 amide bonds. The Bertz CT molecular complexity index is 798. The fourth-order valence-electron chi connectivity index (χ4n) is 2.89. The van der Waals surface area contributed by atoms with Crippen molar-refractivity contribution in [2.45, 2.75) is 51.6 Å². The third kappa shape index (κ3) is 8.23. The summed E-state index contributed by atoms with van der Waals surface area (Å²) in [6.45, 7) is 6.05. The smallest absolute Gasteiger partial charge is 0.242 e. The van der Waals surface area contributed by atoms with Crippen LogP contribution in [0.3, 0.4) is 0 Å². The van der Waals surface area contributed by atoms with Crippen molar-refractivity contribution in [3.8, 4) is 0 Å². The predicted octanol–water partition coefficient (Wildman–Crippen LogP) is 5.01. The fraction of sp³-hybridized carbons (Fsp3) is 0.391. The maximum atomic E-state index is 13.0. The number of nitrogens with zero attached hydrogens (tertiary/aromatic N) is 1. The first-order chi connectivity index (χ1) is 13.9. The van der Waals surface area contributed by atoms with Gasteiger partial charge >= 0.3 is 0 Å². The van der Waals surface area contributed by atoms with Crippen LogP contribution >= 0.6 is 27.7 Å². The average Bonchev–Trinajstić information content (AvgIpc) is 2.69. The summed E-state index contributed by atoms with van der Waals surface area (Å²) in [6, 6.07) is 17.6. The number of rotatable bonds is 10. The molecule has 0 radical (unpaired) electrons. The first-order valence-corrected chi connectivity index (χ1v) is 11.8. The zero-order valence-electron chi connectivity index (χ0n) is 17.2. The molecule has 156 valence electrons. The standard InChI is InChI=1S/C23H29BrN2O2S/c1-17(2)25-23(28)18(3)26(15-20-10-7-11-21(24)14-20)22(27)12-13-29-16-19-8-5-4-6-9-19/h4-11,14,17-18H,12-13,15-16H2,1-3H3,(H,25,28)/t18-/m0/s1. The van der Waals surface area contributed by atoms with Gasteiger partial charge in [-0.15, -0.1) is 0 Å². The molecule has 2 rings (SSSR count). The lowest BCUT2D eigenvalue weighted by Crippen LogP contribution is -2.49. The van der Waals surface area contributed by atoms with Crippen molar-refractivity contribution in [3.63, 3.8) is 0 Å². The molecule has 0 aliphatic carbocycles. The summed E-state index contributed by atoms with van der Waals surface area (Å²) in [5.41, 5.74) is 2.24. The van der Waals surface area contributed by atoms with Gasteiger partial charge in [-0.3, -0.25) is 9.59 Å². The molecule has 1 atom stereocenters. The highest BCUT2D eigenvalue weighted by Gasteiger charge is 2.26. The molecule has 0 spiro atoms.